The van der Waals surface area contributed by atoms with Crippen molar-refractivity contribution in [2.75, 3.05) is 24.8 Å². The van der Waals surface area contributed by atoms with E-state index < -0.39 is 0 Å². The maximum atomic E-state index is 5.74. The molecular formula is C11H17N5O. The predicted molar refractivity (Wildman–Crippen MR) is 67.0 cm³/mol. The van der Waals surface area contributed by atoms with E-state index in [-0.39, 0.29) is 6.04 Å². The van der Waals surface area contributed by atoms with Crippen LogP contribution < -0.4 is 11.1 Å². The summed E-state index contributed by atoms with van der Waals surface area (Å²) >= 11 is 0. The Labute approximate surface area is 99.8 Å². The highest BCUT2D eigenvalue weighted by molar-refractivity contribution is 5.65. The van der Waals surface area contributed by atoms with Crippen LogP contribution in [0, 0.1) is 0 Å². The van der Waals surface area contributed by atoms with E-state index >= 15 is 0 Å². The van der Waals surface area contributed by atoms with Crippen molar-refractivity contribution in [1.29, 1.82) is 0 Å². The largest absolute Gasteiger partial charge is 0.385 e. The molecule has 0 aromatic carbocycles. The fourth-order valence-corrected chi connectivity index (χ4v) is 1.65. The third kappa shape index (κ3) is 2.65. The number of hydrogen-bond acceptors (Lipinski definition) is 5. The van der Waals surface area contributed by atoms with Crippen LogP contribution in [-0.4, -0.2) is 34.1 Å². The van der Waals surface area contributed by atoms with E-state index in [1.165, 1.54) is 0 Å². The normalized spacial score (nSPS) is 12.8. The van der Waals surface area contributed by atoms with Crippen LogP contribution in [0.15, 0.2) is 18.6 Å². The smallest absolute Gasteiger partial charge is 0.180 e. The average Bonchev–Trinajstić information content (AvgIpc) is 2.74. The third-order valence-corrected chi connectivity index (χ3v) is 2.53. The molecule has 1 atom stereocenters. The fourth-order valence-electron chi connectivity index (χ4n) is 1.65. The van der Waals surface area contributed by atoms with Crippen LogP contribution in [0.3, 0.4) is 0 Å². The Hall–Kier alpha value is -1.82. The lowest BCUT2D eigenvalue weighted by Gasteiger charge is -2.14. The number of imidazole rings is 1. The van der Waals surface area contributed by atoms with Gasteiger partial charge >= 0.3 is 0 Å². The molecule has 0 aliphatic carbocycles. The molecule has 6 heteroatoms. The highest BCUT2D eigenvalue weighted by Crippen LogP contribution is 2.16. The number of nitrogens with one attached hydrogen (secondary N) is 1. The molecule has 0 saturated heterocycles. The molecule has 6 nitrogen and oxygen atoms in total. The van der Waals surface area contributed by atoms with Gasteiger partial charge in [-0.3, -0.25) is 0 Å². The Bertz CT molecular complexity index is 496. The quantitative estimate of drug-likeness (QED) is 0.812. The van der Waals surface area contributed by atoms with Crippen molar-refractivity contribution >= 4 is 17.3 Å². The molecule has 92 valence electrons. The molecule has 2 aromatic heterocycles. The van der Waals surface area contributed by atoms with Gasteiger partial charge < -0.3 is 20.2 Å². The van der Waals surface area contributed by atoms with E-state index in [1.54, 1.807) is 19.5 Å². The minimum absolute atomic E-state index is 0.254. The van der Waals surface area contributed by atoms with Crippen LogP contribution in [0.5, 0.6) is 0 Å². The van der Waals surface area contributed by atoms with E-state index in [0.717, 1.165) is 12.1 Å². The second kappa shape index (κ2) is 5.01. The summed E-state index contributed by atoms with van der Waals surface area (Å²) in [7, 11) is 1.69. The third-order valence-electron chi connectivity index (χ3n) is 2.53. The summed E-state index contributed by atoms with van der Waals surface area (Å²) in [4.78, 5) is 8.51. The summed E-state index contributed by atoms with van der Waals surface area (Å²) in [6.07, 6.45) is 6.22. The van der Waals surface area contributed by atoms with Crippen LogP contribution in [0.25, 0.3) is 5.65 Å². The van der Waals surface area contributed by atoms with Gasteiger partial charge in [0.15, 0.2) is 11.5 Å². The highest BCUT2D eigenvalue weighted by Gasteiger charge is 2.09. The first-order chi connectivity index (χ1) is 8.20. The van der Waals surface area contributed by atoms with E-state index in [0.29, 0.717) is 18.2 Å². The lowest BCUT2D eigenvalue weighted by atomic mass is 10.2. The molecule has 0 saturated carbocycles. The summed E-state index contributed by atoms with van der Waals surface area (Å²) in [6, 6.07) is 0.254. The summed E-state index contributed by atoms with van der Waals surface area (Å²) in [5.74, 6) is 1.18. The molecule has 0 amide bonds. The van der Waals surface area contributed by atoms with Crippen molar-refractivity contribution in [3.05, 3.63) is 18.6 Å². The van der Waals surface area contributed by atoms with Gasteiger partial charge in [-0.25, -0.2) is 9.97 Å². The number of anilines is 2. The van der Waals surface area contributed by atoms with Crippen molar-refractivity contribution in [2.24, 2.45) is 0 Å². The Morgan fingerprint density at radius 1 is 1.59 bits per heavy atom. The minimum Gasteiger partial charge on any atom is -0.385 e. The van der Waals surface area contributed by atoms with Crippen LogP contribution in [-0.2, 0) is 4.74 Å². The summed E-state index contributed by atoms with van der Waals surface area (Å²) in [6.45, 7) is 2.78. The fraction of sp³-hybridized carbons (Fsp3) is 0.455. The maximum Gasteiger partial charge on any atom is 0.180 e. The molecule has 0 aliphatic rings. The molecule has 17 heavy (non-hydrogen) atoms. The highest BCUT2D eigenvalue weighted by atomic mass is 16.5. The second-order valence-electron chi connectivity index (χ2n) is 4.00. The minimum atomic E-state index is 0.254. The van der Waals surface area contributed by atoms with Crippen molar-refractivity contribution in [2.45, 2.75) is 19.4 Å². The maximum absolute atomic E-state index is 5.74. The molecule has 2 aromatic rings. The van der Waals surface area contributed by atoms with Crippen molar-refractivity contribution in [3.8, 4) is 0 Å². The first-order valence-electron chi connectivity index (χ1n) is 5.55. The first kappa shape index (κ1) is 11.7. The predicted octanol–water partition coefficient (Wildman–Crippen LogP) is 1.15. The second-order valence-corrected chi connectivity index (χ2v) is 4.00. The number of nitrogens with two attached hydrogens (primary N) is 1. The van der Waals surface area contributed by atoms with E-state index in [9.17, 15) is 0 Å². The van der Waals surface area contributed by atoms with Crippen molar-refractivity contribution < 1.29 is 4.74 Å². The lowest BCUT2D eigenvalue weighted by Crippen LogP contribution is -2.19. The molecule has 0 aliphatic heterocycles. The van der Waals surface area contributed by atoms with E-state index in [2.05, 4.69) is 22.2 Å². The van der Waals surface area contributed by atoms with Crippen LogP contribution in [0.2, 0.25) is 0 Å². The zero-order chi connectivity index (χ0) is 12.3. The Balaban J connectivity index is 2.19. The molecule has 3 N–H and O–H groups in total. The van der Waals surface area contributed by atoms with Gasteiger partial charge in [-0.15, -0.1) is 0 Å². The average molecular weight is 235 g/mol. The summed E-state index contributed by atoms with van der Waals surface area (Å²) in [5.41, 5.74) is 6.52. The Morgan fingerprint density at radius 3 is 3.18 bits per heavy atom. The zero-order valence-corrected chi connectivity index (χ0v) is 10.1. The molecule has 0 fully saturated rings. The molecule has 1 unspecified atom stereocenters. The summed E-state index contributed by atoms with van der Waals surface area (Å²) in [5, 5.41) is 3.29. The monoisotopic (exact) mass is 235 g/mol. The Kier molecular flexibility index (Phi) is 3.43. The molecule has 2 heterocycles. The molecule has 0 spiro atoms. The van der Waals surface area contributed by atoms with Gasteiger partial charge in [-0.2, -0.15) is 0 Å². The van der Waals surface area contributed by atoms with Gasteiger partial charge in [-0.1, -0.05) is 0 Å². The standard InChI is InChI=1S/C11H17N5O/c1-8(3-6-17-2)14-10-11-13-4-5-16(11)7-9(12)15-10/h4-5,7-8H,3,6,12H2,1-2H3,(H,14,15). The number of ether oxygens (including phenoxy) is 1. The van der Waals surface area contributed by atoms with Gasteiger partial charge in [-0.05, 0) is 13.3 Å². The number of methoxy groups -OCH3 is 1. The number of nitrogen functional groups attached to an aromatic ring is 1. The first-order valence-corrected chi connectivity index (χ1v) is 5.55. The van der Waals surface area contributed by atoms with Gasteiger partial charge in [0.05, 0.1) is 6.20 Å². The van der Waals surface area contributed by atoms with Crippen molar-refractivity contribution in [1.82, 2.24) is 14.4 Å². The number of nitrogens with zero attached hydrogens (tertiary/aromatic N) is 3. The number of aromatic nitrogens is 3. The topological polar surface area (TPSA) is 77.5 Å². The molecule has 0 bridgehead atoms. The van der Waals surface area contributed by atoms with Gasteiger partial charge in [0.2, 0.25) is 0 Å². The van der Waals surface area contributed by atoms with Crippen molar-refractivity contribution in [3.63, 3.8) is 0 Å². The number of rotatable bonds is 5. The summed E-state index contributed by atoms with van der Waals surface area (Å²) < 4.78 is 6.90. The number of hydrogen-bond donors (Lipinski definition) is 2. The van der Waals surface area contributed by atoms with Crippen LogP contribution in [0.4, 0.5) is 11.6 Å². The van der Waals surface area contributed by atoms with Gasteiger partial charge in [0, 0.05) is 32.2 Å². The zero-order valence-electron chi connectivity index (χ0n) is 10.1. The lowest BCUT2D eigenvalue weighted by molar-refractivity contribution is 0.191. The van der Waals surface area contributed by atoms with E-state index in [1.807, 2.05) is 10.6 Å². The molecule has 0 radical (unpaired) electrons. The number of fused-ring (bicyclic) bond motifs is 1. The van der Waals surface area contributed by atoms with Crippen LogP contribution >= 0.6 is 0 Å². The van der Waals surface area contributed by atoms with Gasteiger partial charge in [0.25, 0.3) is 0 Å². The molecule has 2 rings (SSSR count). The van der Waals surface area contributed by atoms with Gasteiger partial charge in [0.1, 0.15) is 5.82 Å². The Morgan fingerprint density at radius 2 is 2.41 bits per heavy atom. The van der Waals surface area contributed by atoms with Crippen LogP contribution in [0.1, 0.15) is 13.3 Å². The SMILES string of the molecule is COCCC(C)Nc1nc(N)cn2ccnc12. The molecular weight excluding hydrogens is 218 g/mol. The van der Waals surface area contributed by atoms with E-state index in [4.69, 9.17) is 10.5 Å².